The van der Waals surface area contributed by atoms with Crippen LogP contribution in [0.4, 0.5) is 0 Å². The van der Waals surface area contributed by atoms with Crippen LogP contribution in [0.3, 0.4) is 0 Å². The van der Waals surface area contributed by atoms with Crippen LogP contribution >= 0.6 is 0 Å². The van der Waals surface area contributed by atoms with Crippen LogP contribution in [0, 0.1) is 5.92 Å². The largest absolute Gasteiger partial charge is 0.336 e. The maximum absolute atomic E-state index is 11.7. The minimum absolute atomic E-state index is 0.215. The van der Waals surface area contributed by atoms with E-state index in [1.165, 1.54) is 6.26 Å². The number of nitrogens with zero attached hydrogens (tertiary/aromatic N) is 3. The van der Waals surface area contributed by atoms with Crippen molar-refractivity contribution in [1.29, 1.82) is 0 Å². The average Bonchev–Trinajstić information content (AvgIpc) is 2.81. The van der Waals surface area contributed by atoms with Crippen molar-refractivity contribution in [2.45, 2.75) is 25.3 Å². The second-order valence-electron chi connectivity index (χ2n) is 5.64. The number of hydrogen-bond acceptors (Lipinski definition) is 4. The summed E-state index contributed by atoms with van der Waals surface area (Å²) in [6.07, 6.45) is 7.93. The molecule has 1 aliphatic heterocycles. The Labute approximate surface area is 121 Å². The number of nitrogens with one attached hydrogen (secondary N) is 1. The Hall–Kier alpha value is -0.920. The average molecular weight is 300 g/mol. The second kappa shape index (κ2) is 6.24. The number of piperidine rings is 1. The molecule has 2 unspecified atom stereocenters. The van der Waals surface area contributed by atoms with E-state index in [2.05, 4.69) is 10.3 Å². The van der Waals surface area contributed by atoms with Crippen molar-refractivity contribution >= 4 is 10.0 Å². The van der Waals surface area contributed by atoms with E-state index in [-0.39, 0.29) is 6.04 Å². The van der Waals surface area contributed by atoms with E-state index in [9.17, 15) is 8.42 Å². The predicted octanol–water partition coefficient (Wildman–Crippen LogP) is 0.742. The van der Waals surface area contributed by atoms with E-state index in [4.69, 9.17) is 0 Å². The molecule has 0 aliphatic carbocycles. The molecule has 0 aromatic carbocycles. The number of aryl methyl sites for hydroxylation is 1. The SMILES string of the molecule is CNC(CC1CCCN(S(C)(=O)=O)C1)c1cncn1C. The standard InChI is InChI=1S/C13H24N4O2S/c1-14-12(13-8-15-10-16(13)2)7-11-5-4-6-17(9-11)20(3,18)19/h8,10-12,14H,4-7,9H2,1-3H3. The third-order valence-corrected chi connectivity index (χ3v) is 5.35. The number of sulfonamides is 1. The topological polar surface area (TPSA) is 67.2 Å². The highest BCUT2D eigenvalue weighted by Crippen LogP contribution is 2.28. The first-order valence-electron chi connectivity index (χ1n) is 7.00. The Kier molecular flexibility index (Phi) is 4.82. The highest BCUT2D eigenvalue weighted by molar-refractivity contribution is 7.88. The van der Waals surface area contributed by atoms with Crippen molar-refractivity contribution in [2.75, 3.05) is 26.4 Å². The molecule has 0 saturated carbocycles. The summed E-state index contributed by atoms with van der Waals surface area (Å²) in [4.78, 5) is 4.15. The van der Waals surface area contributed by atoms with Gasteiger partial charge in [-0.05, 0) is 32.2 Å². The molecule has 1 saturated heterocycles. The van der Waals surface area contributed by atoms with E-state index < -0.39 is 10.0 Å². The molecule has 1 aromatic rings. The Morgan fingerprint density at radius 1 is 1.55 bits per heavy atom. The fraction of sp³-hybridized carbons (Fsp3) is 0.769. The van der Waals surface area contributed by atoms with Crippen molar-refractivity contribution in [3.63, 3.8) is 0 Å². The Bertz CT molecular complexity index is 540. The number of imidazole rings is 1. The van der Waals surface area contributed by atoms with Crippen LogP contribution in [-0.4, -0.2) is 48.7 Å². The summed E-state index contributed by atoms with van der Waals surface area (Å²) in [5.74, 6) is 0.394. The maximum atomic E-state index is 11.7. The summed E-state index contributed by atoms with van der Waals surface area (Å²) in [6.45, 7) is 1.29. The van der Waals surface area contributed by atoms with Gasteiger partial charge in [-0.1, -0.05) is 0 Å². The quantitative estimate of drug-likeness (QED) is 0.871. The monoisotopic (exact) mass is 300 g/mol. The number of hydrogen-bond donors (Lipinski definition) is 1. The molecule has 1 fully saturated rings. The maximum Gasteiger partial charge on any atom is 0.211 e. The third kappa shape index (κ3) is 3.59. The molecule has 7 heteroatoms. The molecule has 0 amide bonds. The highest BCUT2D eigenvalue weighted by Gasteiger charge is 2.28. The Balaban J connectivity index is 2.03. The molecule has 2 heterocycles. The van der Waals surface area contributed by atoms with E-state index in [1.54, 1.807) is 10.6 Å². The summed E-state index contributed by atoms with van der Waals surface area (Å²) in [7, 11) is 0.854. The van der Waals surface area contributed by atoms with Crippen LogP contribution in [0.5, 0.6) is 0 Å². The van der Waals surface area contributed by atoms with Crippen LogP contribution in [0.2, 0.25) is 0 Å². The van der Waals surface area contributed by atoms with Crippen molar-refractivity contribution in [2.24, 2.45) is 13.0 Å². The normalized spacial score (nSPS) is 22.9. The van der Waals surface area contributed by atoms with Gasteiger partial charge in [0.2, 0.25) is 10.0 Å². The molecule has 2 rings (SSSR count). The van der Waals surface area contributed by atoms with Gasteiger partial charge in [-0.15, -0.1) is 0 Å². The third-order valence-electron chi connectivity index (χ3n) is 4.08. The molecular formula is C13H24N4O2S. The number of rotatable bonds is 5. The summed E-state index contributed by atoms with van der Waals surface area (Å²) in [5, 5.41) is 3.32. The van der Waals surface area contributed by atoms with Gasteiger partial charge in [0.05, 0.1) is 18.3 Å². The summed E-state index contributed by atoms with van der Waals surface area (Å²) < 4.78 is 27.0. The van der Waals surface area contributed by atoms with E-state index in [0.717, 1.165) is 25.0 Å². The minimum Gasteiger partial charge on any atom is -0.336 e. The summed E-state index contributed by atoms with van der Waals surface area (Å²) >= 11 is 0. The molecular weight excluding hydrogens is 276 g/mol. The first-order chi connectivity index (χ1) is 9.41. The van der Waals surface area contributed by atoms with Gasteiger partial charge in [-0.25, -0.2) is 17.7 Å². The fourth-order valence-electron chi connectivity index (χ4n) is 2.94. The molecule has 1 N–H and O–H groups in total. The first-order valence-corrected chi connectivity index (χ1v) is 8.85. The molecule has 0 radical (unpaired) electrons. The van der Waals surface area contributed by atoms with Crippen molar-refractivity contribution < 1.29 is 8.42 Å². The van der Waals surface area contributed by atoms with Gasteiger partial charge in [0.15, 0.2) is 0 Å². The molecule has 1 aromatic heterocycles. The molecule has 6 nitrogen and oxygen atoms in total. The molecule has 1 aliphatic rings. The van der Waals surface area contributed by atoms with E-state index in [1.807, 2.05) is 24.9 Å². The van der Waals surface area contributed by atoms with Crippen molar-refractivity contribution in [3.05, 3.63) is 18.2 Å². The first kappa shape index (κ1) is 15.5. The lowest BCUT2D eigenvalue weighted by atomic mass is 9.91. The van der Waals surface area contributed by atoms with Crippen LogP contribution < -0.4 is 5.32 Å². The van der Waals surface area contributed by atoms with E-state index in [0.29, 0.717) is 19.0 Å². The van der Waals surface area contributed by atoms with Crippen LogP contribution in [0.25, 0.3) is 0 Å². The van der Waals surface area contributed by atoms with Gasteiger partial charge in [-0.2, -0.15) is 0 Å². The molecule has 0 bridgehead atoms. The Morgan fingerprint density at radius 3 is 2.85 bits per heavy atom. The molecule has 2 atom stereocenters. The lowest BCUT2D eigenvalue weighted by molar-refractivity contribution is 0.239. The zero-order chi connectivity index (χ0) is 14.8. The predicted molar refractivity (Wildman–Crippen MR) is 78.8 cm³/mol. The summed E-state index contributed by atoms with van der Waals surface area (Å²) in [5.41, 5.74) is 1.14. The van der Waals surface area contributed by atoms with Crippen LogP contribution in [-0.2, 0) is 17.1 Å². The highest BCUT2D eigenvalue weighted by atomic mass is 32.2. The fourth-order valence-corrected chi connectivity index (χ4v) is 3.89. The summed E-state index contributed by atoms with van der Waals surface area (Å²) in [6, 6.07) is 0.215. The Morgan fingerprint density at radius 2 is 2.30 bits per heavy atom. The van der Waals surface area contributed by atoms with Crippen molar-refractivity contribution in [1.82, 2.24) is 19.2 Å². The molecule has 114 valence electrons. The van der Waals surface area contributed by atoms with Gasteiger partial charge in [0.25, 0.3) is 0 Å². The van der Waals surface area contributed by atoms with Crippen molar-refractivity contribution in [3.8, 4) is 0 Å². The zero-order valence-electron chi connectivity index (χ0n) is 12.4. The van der Waals surface area contributed by atoms with Gasteiger partial charge in [0, 0.05) is 32.4 Å². The smallest absolute Gasteiger partial charge is 0.211 e. The lowest BCUT2D eigenvalue weighted by Crippen LogP contribution is -2.40. The van der Waals surface area contributed by atoms with Crippen LogP contribution in [0.1, 0.15) is 31.0 Å². The van der Waals surface area contributed by atoms with Crippen LogP contribution in [0.15, 0.2) is 12.5 Å². The molecule has 0 spiro atoms. The minimum atomic E-state index is -3.07. The van der Waals surface area contributed by atoms with Gasteiger partial charge in [-0.3, -0.25) is 0 Å². The van der Waals surface area contributed by atoms with E-state index >= 15 is 0 Å². The molecule has 20 heavy (non-hydrogen) atoms. The number of aromatic nitrogens is 2. The van der Waals surface area contributed by atoms with Gasteiger partial charge in [0.1, 0.15) is 0 Å². The lowest BCUT2D eigenvalue weighted by Gasteiger charge is -2.33. The van der Waals surface area contributed by atoms with Gasteiger partial charge >= 0.3 is 0 Å². The second-order valence-corrected chi connectivity index (χ2v) is 7.62. The zero-order valence-corrected chi connectivity index (χ0v) is 13.2. The van der Waals surface area contributed by atoms with Gasteiger partial charge < -0.3 is 9.88 Å².